The van der Waals surface area contributed by atoms with Crippen LogP contribution >= 0.6 is 15.9 Å². The van der Waals surface area contributed by atoms with E-state index in [4.69, 9.17) is 0 Å². The van der Waals surface area contributed by atoms with Crippen LogP contribution in [-0.4, -0.2) is 5.92 Å². The van der Waals surface area contributed by atoms with Crippen LogP contribution < -0.4 is 0 Å². The molecule has 0 nitrogen and oxygen atoms in total. The van der Waals surface area contributed by atoms with Gasteiger partial charge in [-0.15, -0.1) is 0 Å². The smallest absolute Gasteiger partial charge is 0.207 e. The highest BCUT2D eigenvalue weighted by Gasteiger charge is 2.47. The molecule has 3 heteroatoms. The van der Waals surface area contributed by atoms with Gasteiger partial charge in [0.1, 0.15) is 0 Å². The molecule has 15 heavy (non-hydrogen) atoms. The van der Waals surface area contributed by atoms with Crippen molar-refractivity contribution in [2.75, 3.05) is 0 Å². The van der Waals surface area contributed by atoms with Crippen LogP contribution in [0.3, 0.4) is 0 Å². The highest BCUT2D eigenvalue weighted by atomic mass is 79.9. The second-order valence-electron chi connectivity index (χ2n) is 4.07. The van der Waals surface area contributed by atoms with E-state index in [1.165, 1.54) is 0 Å². The lowest BCUT2D eigenvalue weighted by Crippen LogP contribution is -2.25. The van der Waals surface area contributed by atoms with E-state index in [1.54, 1.807) is 0 Å². The summed E-state index contributed by atoms with van der Waals surface area (Å²) < 4.78 is 27.0. The first-order valence-corrected chi connectivity index (χ1v) is 6.10. The third kappa shape index (κ3) is 2.22. The summed E-state index contributed by atoms with van der Waals surface area (Å²) >= 11 is 3.41. The van der Waals surface area contributed by atoms with Gasteiger partial charge in [-0.2, -0.15) is 0 Å². The van der Waals surface area contributed by atoms with Crippen LogP contribution in [0.4, 0.5) is 8.78 Å². The Hall–Kier alpha value is -0.440. The van der Waals surface area contributed by atoms with E-state index in [2.05, 4.69) is 15.9 Å². The monoisotopic (exact) mass is 274 g/mol. The van der Waals surface area contributed by atoms with Gasteiger partial charge in [0, 0.05) is 17.2 Å². The molecule has 0 amide bonds. The Balaban J connectivity index is 2.18. The van der Waals surface area contributed by atoms with Crippen molar-refractivity contribution in [3.05, 3.63) is 35.9 Å². The molecule has 1 aliphatic rings. The molecule has 82 valence electrons. The molecule has 0 saturated heterocycles. The summed E-state index contributed by atoms with van der Waals surface area (Å²) in [6.45, 7) is 0. The average molecular weight is 275 g/mol. The van der Waals surface area contributed by atoms with Crippen LogP contribution in [0, 0.1) is 5.92 Å². The molecule has 1 aromatic rings. The molecule has 0 aliphatic heterocycles. The highest BCUT2D eigenvalue weighted by molar-refractivity contribution is 9.09. The van der Waals surface area contributed by atoms with Crippen molar-refractivity contribution in [2.45, 2.75) is 30.0 Å². The number of alkyl halides is 3. The first-order chi connectivity index (χ1) is 7.11. The fourth-order valence-corrected chi connectivity index (χ4v) is 3.14. The lowest BCUT2D eigenvalue weighted by Gasteiger charge is -2.24. The summed E-state index contributed by atoms with van der Waals surface area (Å²) in [5.74, 6) is -3.07. The van der Waals surface area contributed by atoms with E-state index in [-0.39, 0.29) is 11.2 Å². The Morgan fingerprint density at radius 2 is 1.93 bits per heavy atom. The Kier molecular flexibility index (Phi) is 3.10. The van der Waals surface area contributed by atoms with E-state index >= 15 is 0 Å². The topological polar surface area (TPSA) is 0 Å². The first-order valence-electron chi connectivity index (χ1n) is 5.18. The number of halogens is 3. The van der Waals surface area contributed by atoms with E-state index in [9.17, 15) is 8.78 Å². The van der Waals surface area contributed by atoms with Crippen LogP contribution in [0.5, 0.6) is 0 Å². The second-order valence-corrected chi connectivity index (χ2v) is 5.06. The standard InChI is InChI=1S/C12H13BrF2/c13-11(9-5-2-1-3-6-9)10-7-4-8-12(10,14)15/h1-3,5-6,10-11H,4,7-8H2. The van der Waals surface area contributed by atoms with Crippen LogP contribution in [0.25, 0.3) is 0 Å². The van der Waals surface area contributed by atoms with Gasteiger partial charge in [-0.1, -0.05) is 46.3 Å². The minimum Gasteiger partial charge on any atom is -0.207 e. The van der Waals surface area contributed by atoms with Crippen molar-refractivity contribution in [1.29, 1.82) is 0 Å². The molecule has 2 unspecified atom stereocenters. The van der Waals surface area contributed by atoms with Crippen molar-refractivity contribution in [3.8, 4) is 0 Å². The van der Waals surface area contributed by atoms with Gasteiger partial charge in [-0.3, -0.25) is 0 Å². The average Bonchev–Trinajstić information content (AvgIpc) is 2.58. The molecule has 1 saturated carbocycles. The Morgan fingerprint density at radius 3 is 2.47 bits per heavy atom. The van der Waals surface area contributed by atoms with Crippen LogP contribution in [0.15, 0.2) is 30.3 Å². The molecular weight excluding hydrogens is 262 g/mol. The lowest BCUT2D eigenvalue weighted by molar-refractivity contribution is -0.0367. The number of rotatable bonds is 2. The van der Waals surface area contributed by atoms with Crippen molar-refractivity contribution in [3.63, 3.8) is 0 Å². The molecule has 0 N–H and O–H groups in total. The van der Waals surface area contributed by atoms with Crippen molar-refractivity contribution < 1.29 is 8.78 Å². The first kappa shape index (κ1) is 11.1. The van der Waals surface area contributed by atoms with E-state index < -0.39 is 11.8 Å². The number of hydrogen-bond donors (Lipinski definition) is 0. The van der Waals surface area contributed by atoms with Crippen molar-refractivity contribution in [2.24, 2.45) is 5.92 Å². The quantitative estimate of drug-likeness (QED) is 0.694. The summed E-state index contributed by atoms with van der Waals surface area (Å²) in [4.78, 5) is -0.226. The highest BCUT2D eigenvalue weighted by Crippen LogP contribution is 2.49. The Morgan fingerprint density at radius 1 is 1.27 bits per heavy atom. The zero-order chi connectivity index (χ0) is 10.9. The van der Waals surface area contributed by atoms with Crippen molar-refractivity contribution >= 4 is 15.9 Å². The molecule has 1 fully saturated rings. The lowest BCUT2D eigenvalue weighted by atomic mass is 9.95. The molecule has 1 aliphatic carbocycles. The van der Waals surface area contributed by atoms with Gasteiger partial charge in [0.05, 0.1) is 0 Å². The third-order valence-electron chi connectivity index (χ3n) is 3.04. The van der Waals surface area contributed by atoms with Gasteiger partial charge in [-0.25, -0.2) is 8.78 Å². The van der Waals surface area contributed by atoms with E-state index in [0.717, 1.165) is 5.56 Å². The maximum absolute atomic E-state index is 13.5. The van der Waals surface area contributed by atoms with Gasteiger partial charge in [0.25, 0.3) is 5.92 Å². The largest absolute Gasteiger partial charge is 0.252 e. The van der Waals surface area contributed by atoms with Crippen LogP contribution in [0.2, 0.25) is 0 Å². The van der Waals surface area contributed by atoms with Gasteiger partial charge in [0.15, 0.2) is 0 Å². The molecule has 0 radical (unpaired) electrons. The van der Waals surface area contributed by atoms with E-state index in [0.29, 0.717) is 12.8 Å². The normalized spacial score (nSPS) is 26.5. The Labute approximate surface area is 96.8 Å². The maximum atomic E-state index is 13.5. The van der Waals surface area contributed by atoms with Crippen LogP contribution in [-0.2, 0) is 0 Å². The Bertz CT molecular complexity index is 324. The zero-order valence-corrected chi connectivity index (χ0v) is 9.88. The molecule has 2 rings (SSSR count). The number of hydrogen-bond acceptors (Lipinski definition) is 0. The molecule has 1 aromatic carbocycles. The van der Waals surface area contributed by atoms with Gasteiger partial charge >= 0.3 is 0 Å². The SMILES string of the molecule is FC1(F)CCCC1C(Br)c1ccccc1. The molecule has 0 spiro atoms. The fourth-order valence-electron chi connectivity index (χ4n) is 2.18. The van der Waals surface area contributed by atoms with Crippen LogP contribution in [0.1, 0.15) is 29.7 Å². The predicted octanol–water partition coefficient (Wildman–Crippen LogP) is 4.56. The summed E-state index contributed by atoms with van der Waals surface area (Å²) in [5, 5.41) is 0. The predicted molar refractivity (Wildman–Crippen MR) is 60.4 cm³/mol. The second kappa shape index (κ2) is 4.20. The minimum atomic E-state index is -2.51. The van der Waals surface area contributed by atoms with E-state index in [1.807, 2.05) is 30.3 Å². The van der Waals surface area contributed by atoms with Gasteiger partial charge < -0.3 is 0 Å². The molecule has 2 atom stereocenters. The molecule has 0 heterocycles. The molecular formula is C12H13BrF2. The molecule has 0 aromatic heterocycles. The zero-order valence-electron chi connectivity index (χ0n) is 8.30. The van der Waals surface area contributed by atoms with Gasteiger partial charge in [0.2, 0.25) is 0 Å². The maximum Gasteiger partial charge on any atom is 0.252 e. The minimum absolute atomic E-state index is 0.0343. The van der Waals surface area contributed by atoms with Crippen molar-refractivity contribution in [1.82, 2.24) is 0 Å². The summed E-state index contributed by atoms with van der Waals surface area (Å²) in [5.41, 5.74) is 0.948. The van der Waals surface area contributed by atoms with Gasteiger partial charge in [-0.05, 0) is 18.4 Å². The third-order valence-corrected chi connectivity index (χ3v) is 4.21. The summed E-state index contributed by atoms with van der Waals surface area (Å²) in [7, 11) is 0. The number of benzene rings is 1. The fraction of sp³-hybridized carbons (Fsp3) is 0.500. The summed E-state index contributed by atoms with van der Waals surface area (Å²) in [6, 6.07) is 9.46. The summed E-state index contributed by atoms with van der Waals surface area (Å²) in [6.07, 6.45) is 1.27. The molecule has 0 bridgehead atoms.